The molecular formula is C24H29FN6. The number of aromatic nitrogens is 4. The van der Waals surface area contributed by atoms with Crippen LogP contribution in [0.2, 0.25) is 0 Å². The lowest BCUT2D eigenvalue weighted by molar-refractivity contribution is 0.0762. The third-order valence-electron chi connectivity index (χ3n) is 6.73. The Morgan fingerprint density at radius 2 is 1.61 bits per heavy atom. The summed E-state index contributed by atoms with van der Waals surface area (Å²) in [6.07, 6.45) is 5.31. The Morgan fingerprint density at radius 1 is 0.903 bits per heavy atom. The Kier molecular flexibility index (Phi) is 6.04. The van der Waals surface area contributed by atoms with E-state index in [1.807, 2.05) is 35.0 Å². The van der Waals surface area contributed by atoms with Gasteiger partial charge in [0.05, 0.1) is 6.54 Å². The van der Waals surface area contributed by atoms with Gasteiger partial charge in [-0.2, -0.15) is 0 Å². The number of benzene rings is 2. The van der Waals surface area contributed by atoms with Crippen molar-refractivity contribution in [3.05, 3.63) is 77.4 Å². The fourth-order valence-electron chi connectivity index (χ4n) is 5.10. The normalized spacial score (nSPS) is 19.6. The first-order valence-electron chi connectivity index (χ1n) is 11.3. The van der Waals surface area contributed by atoms with Crippen molar-refractivity contribution in [1.82, 2.24) is 30.0 Å². The van der Waals surface area contributed by atoms with E-state index in [0.717, 1.165) is 37.8 Å². The molecule has 31 heavy (non-hydrogen) atoms. The van der Waals surface area contributed by atoms with Gasteiger partial charge >= 0.3 is 0 Å². The van der Waals surface area contributed by atoms with E-state index in [-0.39, 0.29) is 11.9 Å². The first-order valence-corrected chi connectivity index (χ1v) is 11.3. The van der Waals surface area contributed by atoms with Crippen LogP contribution in [0.5, 0.6) is 0 Å². The molecule has 2 aromatic carbocycles. The summed E-state index contributed by atoms with van der Waals surface area (Å²) >= 11 is 0. The molecule has 0 amide bonds. The average Bonchev–Trinajstić information content (AvgIpc) is 3.50. The van der Waals surface area contributed by atoms with E-state index in [2.05, 4.69) is 37.5 Å². The summed E-state index contributed by atoms with van der Waals surface area (Å²) in [5.74, 6) is 0.489. The van der Waals surface area contributed by atoms with Gasteiger partial charge in [-0.05, 0) is 34.9 Å². The third kappa shape index (κ3) is 4.38. The maximum absolute atomic E-state index is 15.0. The molecule has 0 radical (unpaired) electrons. The van der Waals surface area contributed by atoms with Crippen molar-refractivity contribution in [1.29, 1.82) is 0 Å². The van der Waals surface area contributed by atoms with Gasteiger partial charge in [0.2, 0.25) is 0 Å². The molecule has 0 bridgehead atoms. The number of piperazine rings is 1. The van der Waals surface area contributed by atoms with E-state index in [1.165, 1.54) is 31.7 Å². The zero-order chi connectivity index (χ0) is 21.0. The lowest BCUT2D eigenvalue weighted by Gasteiger charge is -2.41. The molecule has 2 fully saturated rings. The number of nitrogens with zero attached hydrogens (tertiary/aromatic N) is 6. The molecule has 1 aromatic heterocycles. The average molecular weight is 421 g/mol. The lowest BCUT2D eigenvalue weighted by atomic mass is 10.0. The molecule has 0 spiro atoms. The van der Waals surface area contributed by atoms with Crippen LogP contribution < -0.4 is 0 Å². The van der Waals surface area contributed by atoms with Crippen molar-refractivity contribution in [2.75, 3.05) is 26.2 Å². The molecule has 1 aliphatic heterocycles. The molecule has 1 saturated heterocycles. The highest BCUT2D eigenvalue weighted by atomic mass is 19.1. The molecule has 3 aromatic rings. The molecule has 162 valence electrons. The van der Waals surface area contributed by atoms with E-state index in [4.69, 9.17) is 0 Å². The van der Waals surface area contributed by atoms with E-state index in [0.29, 0.717) is 17.9 Å². The van der Waals surface area contributed by atoms with Gasteiger partial charge in [0.25, 0.3) is 0 Å². The Balaban J connectivity index is 1.43. The number of tetrazole rings is 1. The number of hydrogen-bond donors (Lipinski definition) is 0. The summed E-state index contributed by atoms with van der Waals surface area (Å²) in [5.41, 5.74) is 1.76. The second-order valence-electron chi connectivity index (χ2n) is 8.61. The molecule has 1 atom stereocenters. The number of rotatable bonds is 6. The van der Waals surface area contributed by atoms with Crippen LogP contribution in [0.25, 0.3) is 0 Å². The summed E-state index contributed by atoms with van der Waals surface area (Å²) in [6.45, 7) is 4.35. The van der Waals surface area contributed by atoms with Gasteiger partial charge in [0, 0.05) is 37.8 Å². The van der Waals surface area contributed by atoms with Gasteiger partial charge in [0.1, 0.15) is 11.9 Å². The summed E-state index contributed by atoms with van der Waals surface area (Å²) in [6, 6.07) is 17.6. The van der Waals surface area contributed by atoms with Crippen LogP contribution in [0.4, 0.5) is 4.39 Å². The largest absolute Gasteiger partial charge is 0.298 e. The highest BCUT2D eigenvalue weighted by Crippen LogP contribution is 2.32. The second kappa shape index (κ2) is 9.24. The standard InChI is InChI=1S/C24H29FN6/c25-22-13-7-6-12-21(22)23(30-16-14-29(15-17-30)20-10-4-5-11-20)24-26-27-28-31(24)18-19-8-2-1-3-9-19/h1-3,6-9,12-13,20,23H,4-5,10-11,14-18H2/t23-/m1/s1. The lowest BCUT2D eigenvalue weighted by Crippen LogP contribution is -2.51. The van der Waals surface area contributed by atoms with E-state index in [1.54, 1.807) is 6.07 Å². The number of halogens is 1. The molecule has 5 rings (SSSR count). The van der Waals surface area contributed by atoms with Crippen molar-refractivity contribution < 1.29 is 4.39 Å². The van der Waals surface area contributed by atoms with Crippen LogP contribution in [0.1, 0.15) is 48.7 Å². The Hall–Kier alpha value is -2.64. The predicted molar refractivity (Wildman–Crippen MR) is 117 cm³/mol. The van der Waals surface area contributed by atoms with Gasteiger partial charge in [-0.25, -0.2) is 9.07 Å². The van der Waals surface area contributed by atoms with Crippen molar-refractivity contribution >= 4 is 0 Å². The van der Waals surface area contributed by atoms with E-state index < -0.39 is 0 Å². The highest BCUT2D eigenvalue weighted by molar-refractivity contribution is 5.27. The maximum atomic E-state index is 15.0. The van der Waals surface area contributed by atoms with Crippen molar-refractivity contribution in [2.45, 2.75) is 44.3 Å². The topological polar surface area (TPSA) is 50.1 Å². The third-order valence-corrected chi connectivity index (χ3v) is 6.73. The maximum Gasteiger partial charge on any atom is 0.173 e. The zero-order valence-corrected chi connectivity index (χ0v) is 17.8. The molecule has 7 heteroatoms. The van der Waals surface area contributed by atoms with Gasteiger partial charge in [-0.3, -0.25) is 9.80 Å². The first-order chi connectivity index (χ1) is 15.3. The summed E-state index contributed by atoms with van der Waals surface area (Å²) in [7, 11) is 0. The van der Waals surface area contributed by atoms with Crippen LogP contribution in [0, 0.1) is 5.82 Å². The summed E-state index contributed by atoms with van der Waals surface area (Å²) < 4.78 is 16.8. The minimum absolute atomic E-state index is 0.208. The van der Waals surface area contributed by atoms with Crippen LogP contribution in [0.15, 0.2) is 54.6 Å². The van der Waals surface area contributed by atoms with Crippen LogP contribution >= 0.6 is 0 Å². The molecule has 1 saturated carbocycles. The van der Waals surface area contributed by atoms with Gasteiger partial charge in [0.15, 0.2) is 5.82 Å². The van der Waals surface area contributed by atoms with Gasteiger partial charge < -0.3 is 0 Å². The smallest absolute Gasteiger partial charge is 0.173 e. The Bertz CT molecular complexity index is 976. The highest BCUT2D eigenvalue weighted by Gasteiger charge is 2.34. The van der Waals surface area contributed by atoms with E-state index >= 15 is 0 Å². The van der Waals surface area contributed by atoms with Crippen molar-refractivity contribution in [3.63, 3.8) is 0 Å². The van der Waals surface area contributed by atoms with Crippen LogP contribution in [-0.4, -0.2) is 62.2 Å². The Labute approximate surface area is 182 Å². The van der Waals surface area contributed by atoms with Crippen molar-refractivity contribution in [3.8, 4) is 0 Å². The molecule has 0 N–H and O–H groups in total. The van der Waals surface area contributed by atoms with Crippen LogP contribution in [0.3, 0.4) is 0 Å². The quantitative estimate of drug-likeness (QED) is 0.611. The molecular weight excluding hydrogens is 391 g/mol. The fraction of sp³-hybridized carbons (Fsp3) is 0.458. The minimum atomic E-state index is -0.300. The fourth-order valence-corrected chi connectivity index (χ4v) is 5.10. The molecule has 2 aliphatic rings. The van der Waals surface area contributed by atoms with Gasteiger partial charge in [-0.15, -0.1) is 5.10 Å². The first kappa shape index (κ1) is 20.3. The Morgan fingerprint density at radius 3 is 2.35 bits per heavy atom. The van der Waals surface area contributed by atoms with Crippen molar-refractivity contribution in [2.24, 2.45) is 0 Å². The molecule has 6 nitrogen and oxygen atoms in total. The SMILES string of the molecule is Fc1ccccc1[C@H](c1nnnn1Cc1ccccc1)N1CCN(C2CCCC2)CC1. The molecule has 0 unspecified atom stereocenters. The minimum Gasteiger partial charge on any atom is -0.298 e. The van der Waals surface area contributed by atoms with Gasteiger partial charge in [-0.1, -0.05) is 61.4 Å². The molecule has 1 aliphatic carbocycles. The predicted octanol–water partition coefficient (Wildman–Crippen LogP) is 3.51. The number of hydrogen-bond acceptors (Lipinski definition) is 5. The second-order valence-corrected chi connectivity index (χ2v) is 8.61. The summed E-state index contributed by atoms with van der Waals surface area (Å²) in [5, 5.41) is 12.6. The summed E-state index contributed by atoms with van der Waals surface area (Å²) in [4.78, 5) is 4.96. The van der Waals surface area contributed by atoms with E-state index in [9.17, 15) is 4.39 Å². The monoisotopic (exact) mass is 420 g/mol. The zero-order valence-electron chi connectivity index (χ0n) is 17.8. The molecule has 2 heterocycles. The van der Waals surface area contributed by atoms with Crippen LogP contribution in [-0.2, 0) is 6.54 Å².